The molecule has 2 aromatic carbocycles. The molecular formula is C19H11Cl3N2O. The van der Waals surface area contributed by atoms with E-state index in [-0.39, 0.29) is 12.1 Å². The van der Waals surface area contributed by atoms with E-state index < -0.39 is 5.56 Å². The van der Waals surface area contributed by atoms with Crippen molar-refractivity contribution in [2.45, 2.75) is 6.54 Å². The van der Waals surface area contributed by atoms with Crippen molar-refractivity contribution in [3.63, 3.8) is 0 Å². The predicted octanol–water partition coefficient (Wildman–Crippen LogP) is 5.40. The summed E-state index contributed by atoms with van der Waals surface area (Å²) >= 11 is 18.4. The average Bonchev–Trinajstić information content (AvgIpc) is 2.59. The van der Waals surface area contributed by atoms with Crippen LogP contribution in [0.1, 0.15) is 11.1 Å². The van der Waals surface area contributed by atoms with Crippen LogP contribution in [0.3, 0.4) is 0 Å². The Balaban J connectivity index is 2.15. The van der Waals surface area contributed by atoms with Gasteiger partial charge in [-0.15, -0.1) is 0 Å². The summed E-state index contributed by atoms with van der Waals surface area (Å²) in [6.07, 6.45) is 1.68. The van der Waals surface area contributed by atoms with Gasteiger partial charge in [-0.2, -0.15) is 5.26 Å². The quantitative estimate of drug-likeness (QED) is 0.602. The predicted molar refractivity (Wildman–Crippen MR) is 101 cm³/mol. The van der Waals surface area contributed by atoms with Crippen LogP contribution in [0.25, 0.3) is 11.1 Å². The number of hydrogen-bond donors (Lipinski definition) is 0. The van der Waals surface area contributed by atoms with Gasteiger partial charge in [0.25, 0.3) is 5.56 Å². The average molecular weight is 390 g/mol. The molecular weight excluding hydrogens is 379 g/mol. The molecule has 0 fully saturated rings. The number of nitriles is 1. The third-order valence-corrected chi connectivity index (χ3v) is 4.70. The number of rotatable bonds is 3. The van der Waals surface area contributed by atoms with Crippen LogP contribution in [0, 0.1) is 11.3 Å². The second-order valence-corrected chi connectivity index (χ2v) is 6.65. The van der Waals surface area contributed by atoms with E-state index in [9.17, 15) is 10.1 Å². The van der Waals surface area contributed by atoms with Crippen molar-refractivity contribution in [3.8, 4) is 17.2 Å². The third kappa shape index (κ3) is 3.72. The van der Waals surface area contributed by atoms with Crippen LogP contribution >= 0.6 is 34.8 Å². The summed E-state index contributed by atoms with van der Waals surface area (Å²) in [5.41, 5.74) is 1.79. The van der Waals surface area contributed by atoms with E-state index in [0.29, 0.717) is 26.2 Å². The van der Waals surface area contributed by atoms with Crippen LogP contribution in [0.5, 0.6) is 0 Å². The lowest BCUT2D eigenvalue weighted by Gasteiger charge is -2.12. The van der Waals surface area contributed by atoms with E-state index in [0.717, 1.165) is 5.56 Å². The number of halogens is 3. The molecule has 124 valence electrons. The molecule has 0 radical (unpaired) electrons. The van der Waals surface area contributed by atoms with E-state index in [4.69, 9.17) is 34.8 Å². The van der Waals surface area contributed by atoms with Gasteiger partial charge >= 0.3 is 0 Å². The van der Waals surface area contributed by atoms with Crippen molar-refractivity contribution in [1.82, 2.24) is 4.57 Å². The Bertz CT molecular complexity index is 1030. The van der Waals surface area contributed by atoms with Crippen LogP contribution < -0.4 is 5.56 Å². The highest BCUT2D eigenvalue weighted by Crippen LogP contribution is 2.26. The van der Waals surface area contributed by atoms with Crippen LogP contribution in [-0.2, 0) is 6.54 Å². The highest BCUT2D eigenvalue weighted by Gasteiger charge is 2.12. The SMILES string of the molecule is N#Cc1cc(-c2cccc(Cl)c2)cn(Cc2c(Cl)cccc2Cl)c1=O. The minimum Gasteiger partial charge on any atom is -0.309 e. The smallest absolute Gasteiger partial charge is 0.268 e. The fourth-order valence-electron chi connectivity index (χ4n) is 2.51. The molecule has 0 aliphatic heterocycles. The van der Waals surface area contributed by atoms with Gasteiger partial charge in [0.2, 0.25) is 0 Å². The Morgan fingerprint density at radius 3 is 2.28 bits per heavy atom. The molecule has 0 saturated heterocycles. The summed E-state index contributed by atoms with van der Waals surface area (Å²) in [4.78, 5) is 12.5. The lowest BCUT2D eigenvalue weighted by Crippen LogP contribution is -2.23. The molecule has 0 amide bonds. The van der Waals surface area contributed by atoms with Crippen molar-refractivity contribution in [2.75, 3.05) is 0 Å². The van der Waals surface area contributed by atoms with Crippen LogP contribution in [0.4, 0.5) is 0 Å². The monoisotopic (exact) mass is 388 g/mol. The van der Waals surface area contributed by atoms with E-state index in [2.05, 4.69) is 0 Å². The molecule has 0 unspecified atom stereocenters. The normalized spacial score (nSPS) is 10.5. The second-order valence-electron chi connectivity index (χ2n) is 5.40. The lowest BCUT2D eigenvalue weighted by atomic mass is 10.1. The number of benzene rings is 2. The van der Waals surface area contributed by atoms with Crippen molar-refractivity contribution in [1.29, 1.82) is 5.26 Å². The van der Waals surface area contributed by atoms with E-state index >= 15 is 0 Å². The lowest BCUT2D eigenvalue weighted by molar-refractivity contribution is 0.758. The van der Waals surface area contributed by atoms with Gasteiger partial charge in [-0.05, 0) is 41.5 Å². The maximum absolute atomic E-state index is 12.5. The van der Waals surface area contributed by atoms with Gasteiger partial charge in [0.1, 0.15) is 11.6 Å². The van der Waals surface area contributed by atoms with Crippen LogP contribution in [0.15, 0.2) is 59.5 Å². The third-order valence-electron chi connectivity index (χ3n) is 3.75. The molecule has 6 heteroatoms. The first-order valence-electron chi connectivity index (χ1n) is 7.33. The molecule has 3 rings (SSSR count). The molecule has 0 atom stereocenters. The minimum absolute atomic E-state index is 0.0423. The molecule has 0 aliphatic rings. The molecule has 0 N–H and O–H groups in total. The molecule has 25 heavy (non-hydrogen) atoms. The van der Waals surface area contributed by atoms with Gasteiger partial charge in [0.15, 0.2) is 0 Å². The van der Waals surface area contributed by atoms with Gasteiger partial charge in [0.05, 0.1) is 6.54 Å². The minimum atomic E-state index is -0.399. The number of hydrogen-bond acceptors (Lipinski definition) is 2. The summed E-state index contributed by atoms with van der Waals surface area (Å²) < 4.78 is 1.43. The fourth-order valence-corrected chi connectivity index (χ4v) is 3.22. The van der Waals surface area contributed by atoms with Crippen molar-refractivity contribution >= 4 is 34.8 Å². The van der Waals surface area contributed by atoms with Gasteiger partial charge in [-0.25, -0.2) is 0 Å². The molecule has 0 spiro atoms. The Hall–Kier alpha value is -2.25. The molecule has 0 aliphatic carbocycles. The Morgan fingerprint density at radius 2 is 1.64 bits per heavy atom. The number of aromatic nitrogens is 1. The topological polar surface area (TPSA) is 45.8 Å². The zero-order valence-corrected chi connectivity index (χ0v) is 15.1. The molecule has 0 saturated carbocycles. The first-order valence-corrected chi connectivity index (χ1v) is 8.46. The highest BCUT2D eigenvalue weighted by molar-refractivity contribution is 6.36. The Morgan fingerprint density at radius 1 is 0.960 bits per heavy atom. The van der Waals surface area contributed by atoms with E-state index in [1.165, 1.54) is 4.57 Å². The second kappa shape index (κ2) is 7.33. The summed E-state index contributed by atoms with van der Waals surface area (Å²) in [6.45, 7) is 0.167. The summed E-state index contributed by atoms with van der Waals surface area (Å²) in [6, 6.07) is 15.9. The molecule has 3 aromatic rings. The Labute approximate surface area is 159 Å². The first kappa shape index (κ1) is 17.6. The van der Waals surface area contributed by atoms with E-state index in [1.54, 1.807) is 42.6 Å². The van der Waals surface area contributed by atoms with Crippen LogP contribution in [-0.4, -0.2) is 4.57 Å². The van der Waals surface area contributed by atoms with Gasteiger partial charge in [-0.3, -0.25) is 4.79 Å². The maximum Gasteiger partial charge on any atom is 0.268 e. The zero-order chi connectivity index (χ0) is 18.0. The number of pyridine rings is 1. The molecule has 1 heterocycles. The Kier molecular flexibility index (Phi) is 5.15. The van der Waals surface area contributed by atoms with Crippen molar-refractivity contribution < 1.29 is 0 Å². The van der Waals surface area contributed by atoms with E-state index in [1.807, 2.05) is 18.2 Å². The maximum atomic E-state index is 12.5. The number of nitrogens with zero attached hydrogens (tertiary/aromatic N) is 2. The summed E-state index contributed by atoms with van der Waals surface area (Å²) in [7, 11) is 0. The fraction of sp³-hybridized carbons (Fsp3) is 0.0526. The first-order chi connectivity index (χ1) is 12.0. The highest BCUT2D eigenvalue weighted by atomic mass is 35.5. The van der Waals surface area contributed by atoms with Gasteiger partial charge < -0.3 is 4.57 Å². The molecule has 3 nitrogen and oxygen atoms in total. The van der Waals surface area contributed by atoms with Crippen molar-refractivity contribution in [3.05, 3.63) is 91.3 Å². The van der Waals surface area contributed by atoms with Crippen molar-refractivity contribution in [2.24, 2.45) is 0 Å². The largest absolute Gasteiger partial charge is 0.309 e. The molecule has 0 bridgehead atoms. The van der Waals surface area contributed by atoms with Crippen LogP contribution in [0.2, 0.25) is 15.1 Å². The zero-order valence-electron chi connectivity index (χ0n) is 12.8. The summed E-state index contributed by atoms with van der Waals surface area (Å²) in [5.74, 6) is 0. The molecule has 1 aromatic heterocycles. The van der Waals surface area contributed by atoms with Gasteiger partial charge in [-0.1, -0.05) is 53.0 Å². The summed E-state index contributed by atoms with van der Waals surface area (Å²) in [5, 5.41) is 10.8. The van der Waals surface area contributed by atoms with Gasteiger partial charge in [0, 0.05) is 26.8 Å². The standard InChI is InChI=1S/C19H11Cl3N2O/c20-15-4-1-3-12(8-15)14-7-13(9-23)19(25)24(10-14)11-16-17(21)5-2-6-18(16)22/h1-8,10H,11H2.